The number of halogens is 1. The van der Waals surface area contributed by atoms with Gasteiger partial charge < -0.3 is 14.8 Å². The first kappa shape index (κ1) is 12.7. The summed E-state index contributed by atoms with van der Waals surface area (Å²) in [5.74, 6) is 1.58. The van der Waals surface area contributed by atoms with Crippen LogP contribution in [-0.2, 0) is 0 Å². The molecule has 1 aliphatic heterocycles. The third-order valence-electron chi connectivity index (χ3n) is 3.00. The summed E-state index contributed by atoms with van der Waals surface area (Å²) >= 11 is 3.54. The number of benzene rings is 1. The fraction of sp³-hybridized carbons (Fsp3) is 0.538. The number of rotatable bonds is 4. The van der Waals surface area contributed by atoms with Crippen molar-refractivity contribution in [2.75, 3.05) is 20.3 Å². The SMILES string of the molecule is CCOc1cc(C2CCCN2)cc(Br)c1OC. The number of nitrogens with one attached hydrogen (secondary N) is 1. The number of ether oxygens (including phenoxy) is 2. The lowest BCUT2D eigenvalue weighted by atomic mass is 10.0. The second kappa shape index (κ2) is 5.74. The summed E-state index contributed by atoms with van der Waals surface area (Å²) in [6, 6.07) is 4.64. The minimum absolute atomic E-state index is 0.441. The van der Waals surface area contributed by atoms with Gasteiger partial charge in [-0.15, -0.1) is 0 Å². The summed E-state index contributed by atoms with van der Waals surface area (Å²) in [6.07, 6.45) is 2.42. The number of hydrogen-bond acceptors (Lipinski definition) is 3. The Morgan fingerprint density at radius 1 is 1.47 bits per heavy atom. The molecule has 1 aliphatic rings. The predicted octanol–water partition coefficient (Wildman–Crippen LogP) is 3.28. The largest absolute Gasteiger partial charge is 0.492 e. The van der Waals surface area contributed by atoms with E-state index in [2.05, 4.69) is 33.4 Å². The number of hydrogen-bond donors (Lipinski definition) is 1. The van der Waals surface area contributed by atoms with E-state index in [1.165, 1.54) is 18.4 Å². The maximum atomic E-state index is 5.63. The molecule has 94 valence electrons. The first-order valence-corrected chi connectivity index (χ1v) is 6.79. The third-order valence-corrected chi connectivity index (χ3v) is 3.59. The van der Waals surface area contributed by atoms with Crippen LogP contribution in [0.3, 0.4) is 0 Å². The van der Waals surface area contributed by atoms with Crippen molar-refractivity contribution in [1.29, 1.82) is 0 Å². The highest BCUT2D eigenvalue weighted by Gasteiger charge is 2.20. The van der Waals surface area contributed by atoms with E-state index in [9.17, 15) is 0 Å². The molecule has 0 amide bonds. The molecule has 0 spiro atoms. The second-order valence-corrected chi connectivity index (χ2v) is 4.97. The van der Waals surface area contributed by atoms with Crippen LogP contribution in [-0.4, -0.2) is 20.3 Å². The van der Waals surface area contributed by atoms with Crippen LogP contribution in [0.25, 0.3) is 0 Å². The zero-order chi connectivity index (χ0) is 12.3. The van der Waals surface area contributed by atoms with Gasteiger partial charge in [0.15, 0.2) is 11.5 Å². The van der Waals surface area contributed by atoms with E-state index in [0.29, 0.717) is 12.6 Å². The van der Waals surface area contributed by atoms with E-state index in [1.807, 2.05) is 6.92 Å². The Morgan fingerprint density at radius 3 is 2.88 bits per heavy atom. The van der Waals surface area contributed by atoms with Gasteiger partial charge in [-0.25, -0.2) is 0 Å². The van der Waals surface area contributed by atoms with Crippen LogP contribution in [0, 0.1) is 0 Å². The van der Waals surface area contributed by atoms with Gasteiger partial charge in [-0.1, -0.05) is 0 Å². The smallest absolute Gasteiger partial charge is 0.174 e. The molecule has 3 nitrogen and oxygen atoms in total. The molecular weight excluding hydrogens is 282 g/mol. The summed E-state index contributed by atoms with van der Waals surface area (Å²) in [6.45, 7) is 3.72. The van der Waals surface area contributed by atoms with E-state index < -0.39 is 0 Å². The Hall–Kier alpha value is -0.740. The first-order chi connectivity index (χ1) is 8.26. The zero-order valence-corrected chi connectivity index (χ0v) is 11.8. The van der Waals surface area contributed by atoms with Crippen molar-refractivity contribution in [3.05, 3.63) is 22.2 Å². The normalized spacial score (nSPS) is 19.4. The monoisotopic (exact) mass is 299 g/mol. The van der Waals surface area contributed by atoms with Gasteiger partial charge in [0.25, 0.3) is 0 Å². The summed E-state index contributed by atoms with van der Waals surface area (Å²) in [4.78, 5) is 0. The Kier molecular flexibility index (Phi) is 4.29. The van der Waals surface area contributed by atoms with Crippen LogP contribution in [0.2, 0.25) is 0 Å². The first-order valence-electron chi connectivity index (χ1n) is 6.00. The molecule has 1 saturated heterocycles. The molecule has 0 aliphatic carbocycles. The van der Waals surface area contributed by atoms with Crippen LogP contribution >= 0.6 is 15.9 Å². The second-order valence-electron chi connectivity index (χ2n) is 4.12. The fourth-order valence-electron chi connectivity index (χ4n) is 2.22. The highest BCUT2D eigenvalue weighted by Crippen LogP contribution is 2.39. The Labute approximate surface area is 111 Å². The highest BCUT2D eigenvalue weighted by atomic mass is 79.9. The Balaban J connectivity index is 2.34. The molecule has 0 bridgehead atoms. The van der Waals surface area contributed by atoms with Gasteiger partial charge >= 0.3 is 0 Å². The van der Waals surface area contributed by atoms with Gasteiger partial charge in [-0.2, -0.15) is 0 Å². The van der Waals surface area contributed by atoms with Crippen LogP contribution in [0.15, 0.2) is 16.6 Å². The van der Waals surface area contributed by atoms with Crippen LogP contribution < -0.4 is 14.8 Å². The molecule has 0 radical (unpaired) electrons. The average Bonchev–Trinajstić information content (AvgIpc) is 2.82. The molecule has 1 heterocycles. The molecule has 1 aromatic carbocycles. The van der Waals surface area contributed by atoms with Crippen LogP contribution in [0.4, 0.5) is 0 Å². The molecule has 1 fully saturated rings. The highest BCUT2D eigenvalue weighted by molar-refractivity contribution is 9.10. The molecule has 1 atom stereocenters. The van der Waals surface area contributed by atoms with Gasteiger partial charge in [-0.05, 0) is 59.9 Å². The number of methoxy groups -OCH3 is 1. The molecule has 0 aromatic heterocycles. The van der Waals surface area contributed by atoms with Crippen LogP contribution in [0.1, 0.15) is 31.4 Å². The van der Waals surface area contributed by atoms with Crippen molar-refractivity contribution in [1.82, 2.24) is 5.32 Å². The van der Waals surface area contributed by atoms with Gasteiger partial charge in [0, 0.05) is 6.04 Å². The van der Waals surface area contributed by atoms with Gasteiger partial charge in [0.2, 0.25) is 0 Å². The molecule has 4 heteroatoms. The van der Waals surface area contributed by atoms with Crippen molar-refractivity contribution in [3.8, 4) is 11.5 Å². The molecule has 17 heavy (non-hydrogen) atoms. The molecule has 0 saturated carbocycles. The standard InChI is InChI=1S/C13H18BrNO2/c1-3-17-12-8-9(11-5-4-6-15-11)7-10(14)13(12)16-2/h7-8,11,15H,3-6H2,1-2H3. The van der Waals surface area contributed by atoms with E-state index in [4.69, 9.17) is 9.47 Å². The van der Waals surface area contributed by atoms with Crippen molar-refractivity contribution < 1.29 is 9.47 Å². The zero-order valence-electron chi connectivity index (χ0n) is 10.3. The Bertz CT molecular complexity index is 389. The van der Waals surface area contributed by atoms with E-state index in [1.54, 1.807) is 7.11 Å². The van der Waals surface area contributed by atoms with E-state index in [0.717, 1.165) is 22.5 Å². The summed E-state index contributed by atoms with van der Waals surface area (Å²) in [5.41, 5.74) is 1.26. The molecule has 2 rings (SSSR count). The lowest BCUT2D eigenvalue weighted by Crippen LogP contribution is -2.13. The lowest BCUT2D eigenvalue weighted by molar-refractivity contribution is 0.309. The maximum Gasteiger partial charge on any atom is 0.174 e. The predicted molar refractivity (Wildman–Crippen MR) is 71.8 cm³/mol. The molecule has 1 unspecified atom stereocenters. The topological polar surface area (TPSA) is 30.5 Å². The van der Waals surface area contributed by atoms with Crippen molar-refractivity contribution in [2.45, 2.75) is 25.8 Å². The fourth-order valence-corrected chi connectivity index (χ4v) is 2.84. The minimum Gasteiger partial charge on any atom is -0.492 e. The van der Waals surface area contributed by atoms with Crippen molar-refractivity contribution >= 4 is 15.9 Å². The molecule has 1 N–H and O–H groups in total. The third kappa shape index (κ3) is 2.75. The lowest BCUT2D eigenvalue weighted by Gasteiger charge is -2.16. The van der Waals surface area contributed by atoms with Gasteiger partial charge in [-0.3, -0.25) is 0 Å². The van der Waals surface area contributed by atoms with E-state index >= 15 is 0 Å². The van der Waals surface area contributed by atoms with Crippen LogP contribution in [0.5, 0.6) is 11.5 Å². The van der Waals surface area contributed by atoms with Gasteiger partial charge in [0.05, 0.1) is 18.2 Å². The average molecular weight is 300 g/mol. The summed E-state index contributed by atoms with van der Waals surface area (Å²) in [7, 11) is 1.66. The quantitative estimate of drug-likeness (QED) is 0.925. The molecule has 1 aromatic rings. The molecular formula is C13H18BrNO2. The van der Waals surface area contributed by atoms with Gasteiger partial charge in [0.1, 0.15) is 0 Å². The summed E-state index contributed by atoms with van der Waals surface area (Å²) in [5, 5.41) is 3.49. The minimum atomic E-state index is 0.441. The summed E-state index contributed by atoms with van der Waals surface area (Å²) < 4.78 is 11.9. The Morgan fingerprint density at radius 2 is 2.29 bits per heavy atom. The van der Waals surface area contributed by atoms with Crippen molar-refractivity contribution in [3.63, 3.8) is 0 Å². The van der Waals surface area contributed by atoms with E-state index in [-0.39, 0.29) is 0 Å². The maximum absolute atomic E-state index is 5.63. The van der Waals surface area contributed by atoms with Crippen molar-refractivity contribution in [2.24, 2.45) is 0 Å².